The Balaban J connectivity index is 0.00000176. The van der Waals surface area contributed by atoms with Crippen molar-refractivity contribution in [1.29, 1.82) is 0 Å². The molecule has 0 saturated carbocycles. The van der Waals surface area contributed by atoms with Crippen LogP contribution in [-0.2, 0) is 12.0 Å². The minimum atomic E-state index is -1.01. The smallest absolute Gasteiger partial charge is 0.119 e. The first-order valence-corrected chi connectivity index (χ1v) is 7.16. The van der Waals surface area contributed by atoms with E-state index in [1.54, 1.807) is 0 Å². The van der Waals surface area contributed by atoms with Crippen LogP contribution in [0.3, 0.4) is 0 Å². The van der Waals surface area contributed by atoms with Gasteiger partial charge in [-0.05, 0) is 16.7 Å². The summed E-state index contributed by atoms with van der Waals surface area (Å²) in [5.74, 6) is 0. The van der Waals surface area contributed by atoms with Crippen LogP contribution in [0.4, 0.5) is 0 Å². The quantitative estimate of drug-likeness (QED) is 0.715. The predicted octanol–water partition coefficient (Wildman–Crippen LogP) is 4.22. The third kappa shape index (κ3) is 3.44. The lowest BCUT2D eigenvalue weighted by Crippen LogP contribution is -2.30. The summed E-state index contributed by atoms with van der Waals surface area (Å²) in [5, 5.41) is 11.4. The highest BCUT2D eigenvalue weighted by Gasteiger charge is 2.31. The molecule has 3 aromatic carbocycles. The van der Waals surface area contributed by atoms with E-state index in [9.17, 15) is 5.11 Å². The zero-order valence-corrected chi connectivity index (χ0v) is 13.9. The Morgan fingerprint density at radius 3 is 1.36 bits per heavy atom. The molecule has 0 radical (unpaired) electrons. The molecule has 0 aliphatic rings. The first-order valence-electron chi connectivity index (χ1n) is 7.16. The fourth-order valence-electron chi connectivity index (χ4n) is 2.69. The standard InChI is InChI=1S/C20H18O.H3P/c21-20(18-12-6-2-7-13-18,19-14-8-3-9-15-19)16-17-10-4-1-5-11-17;/h1-15,21H,16H2;1H3. The molecule has 0 aromatic heterocycles. The van der Waals surface area contributed by atoms with E-state index in [1.807, 2.05) is 78.9 Å². The Labute approximate surface area is 135 Å². The van der Waals surface area contributed by atoms with Gasteiger partial charge in [-0.15, -0.1) is 0 Å². The van der Waals surface area contributed by atoms with Gasteiger partial charge in [0.25, 0.3) is 0 Å². The number of hydrogen-bond acceptors (Lipinski definition) is 1. The molecule has 1 unspecified atom stereocenters. The number of rotatable bonds is 4. The monoisotopic (exact) mass is 308 g/mol. The minimum absolute atomic E-state index is 0. The Morgan fingerprint density at radius 1 is 0.591 bits per heavy atom. The third-order valence-corrected chi connectivity index (χ3v) is 3.81. The van der Waals surface area contributed by atoms with Gasteiger partial charge in [0, 0.05) is 6.42 Å². The first-order chi connectivity index (χ1) is 10.3. The molecule has 0 spiro atoms. The van der Waals surface area contributed by atoms with Crippen LogP contribution in [0.2, 0.25) is 0 Å². The largest absolute Gasteiger partial charge is 0.380 e. The fraction of sp³-hybridized carbons (Fsp3) is 0.100. The van der Waals surface area contributed by atoms with E-state index in [1.165, 1.54) is 0 Å². The van der Waals surface area contributed by atoms with Gasteiger partial charge >= 0.3 is 0 Å². The second-order valence-corrected chi connectivity index (χ2v) is 5.25. The number of benzene rings is 3. The summed E-state index contributed by atoms with van der Waals surface area (Å²) in [7, 11) is 0. The highest BCUT2D eigenvalue weighted by Crippen LogP contribution is 2.33. The molecule has 0 heterocycles. The van der Waals surface area contributed by atoms with Crippen LogP contribution in [0.15, 0.2) is 91.0 Å². The highest BCUT2D eigenvalue weighted by atomic mass is 31.0. The molecule has 2 heteroatoms. The summed E-state index contributed by atoms with van der Waals surface area (Å²) in [4.78, 5) is 0. The maximum Gasteiger partial charge on any atom is 0.119 e. The second kappa shape index (κ2) is 7.35. The van der Waals surface area contributed by atoms with Gasteiger partial charge in [-0.2, -0.15) is 9.90 Å². The second-order valence-electron chi connectivity index (χ2n) is 5.25. The van der Waals surface area contributed by atoms with Crippen molar-refractivity contribution in [1.82, 2.24) is 0 Å². The lowest BCUT2D eigenvalue weighted by Gasteiger charge is -2.29. The molecule has 1 nitrogen and oxygen atoms in total. The van der Waals surface area contributed by atoms with Crippen LogP contribution in [0.5, 0.6) is 0 Å². The van der Waals surface area contributed by atoms with Crippen molar-refractivity contribution in [3.05, 3.63) is 108 Å². The molecular weight excluding hydrogens is 287 g/mol. The molecule has 0 amide bonds. The van der Waals surface area contributed by atoms with Gasteiger partial charge in [-0.1, -0.05) is 91.0 Å². The van der Waals surface area contributed by atoms with E-state index in [0.29, 0.717) is 6.42 Å². The Morgan fingerprint density at radius 2 is 0.955 bits per heavy atom. The summed E-state index contributed by atoms with van der Waals surface area (Å²) >= 11 is 0. The van der Waals surface area contributed by atoms with Crippen molar-refractivity contribution in [2.45, 2.75) is 12.0 Å². The van der Waals surface area contributed by atoms with Crippen LogP contribution >= 0.6 is 9.90 Å². The lowest BCUT2D eigenvalue weighted by molar-refractivity contribution is 0.0811. The first kappa shape index (κ1) is 16.4. The zero-order chi connectivity index (χ0) is 14.5. The average Bonchev–Trinajstić information content (AvgIpc) is 2.57. The van der Waals surface area contributed by atoms with Gasteiger partial charge in [0.15, 0.2) is 0 Å². The molecule has 0 fully saturated rings. The lowest BCUT2D eigenvalue weighted by atomic mass is 9.81. The number of hydrogen-bond donors (Lipinski definition) is 1. The Bertz CT molecular complexity index is 641. The summed E-state index contributed by atoms with van der Waals surface area (Å²) < 4.78 is 0. The van der Waals surface area contributed by atoms with Gasteiger partial charge in [0.2, 0.25) is 0 Å². The van der Waals surface area contributed by atoms with E-state index < -0.39 is 5.60 Å². The van der Waals surface area contributed by atoms with Gasteiger partial charge in [0.1, 0.15) is 5.60 Å². The van der Waals surface area contributed by atoms with E-state index in [4.69, 9.17) is 0 Å². The van der Waals surface area contributed by atoms with E-state index in [-0.39, 0.29) is 9.90 Å². The molecule has 0 saturated heterocycles. The number of aliphatic hydroxyl groups is 1. The summed E-state index contributed by atoms with van der Waals surface area (Å²) in [6, 6.07) is 29.8. The maximum atomic E-state index is 11.4. The van der Waals surface area contributed by atoms with Crippen molar-refractivity contribution in [2.75, 3.05) is 0 Å². The van der Waals surface area contributed by atoms with Crippen molar-refractivity contribution >= 4 is 9.90 Å². The van der Waals surface area contributed by atoms with E-state index in [0.717, 1.165) is 16.7 Å². The van der Waals surface area contributed by atoms with Crippen molar-refractivity contribution in [3.8, 4) is 0 Å². The highest BCUT2D eigenvalue weighted by molar-refractivity contribution is 6.92. The van der Waals surface area contributed by atoms with Gasteiger partial charge < -0.3 is 5.11 Å². The molecule has 112 valence electrons. The summed E-state index contributed by atoms with van der Waals surface area (Å²) in [6.07, 6.45) is 0.557. The predicted molar refractivity (Wildman–Crippen MR) is 97.1 cm³/mol. The Hall–Kier alpha value is -1.95. The third-order valence-electron chi connectivity index (χ3n) is 3.81. The molecule has 22 heavy (non-hydrogen) atoms. The van der Waals surface area contributed by atoms with Crippen molar-refractivity contribution in [2.24, 2.45) is 0 Å². The maximum absolute atomic E-state index is 11.4. The van der Waals surface area contributed by atoms with Crippen LogP contribution in [0, 0.1) is 0 Å². The molecular formula is C20H21OP. The molecule has 0 bridgehead atoms. The minimum Gasteiger partial charge on any atom is -0.380 e. The topological polar surface area (TPSA) is 20.2 Å². The van der Waals surface area contributed by atoms with Crippen LogP contribution in [0.1, 0.15) is 16.7 Å². The molecule has 0 aliphatic heterocycles. The van der Waals surface area contributed by atoms with Gasteiger partial charge in [-0.3, -0.25) is 0 Å². The molecule has 0 aliphatic carbocycles. The van der Waals surface area contributed by atoms with E-state index in [2.05, 4.69) is 12.1 Å². The van der Waals surface area contributed by atoms with E-state index >= 15 is 0 Å². The van der Waals surface area contributed by atoms with Gasteiger partial charge in [0.05, 0.1) is 0 Å². The molecule has 3 rings (SSSR count). The Kier molecular flexibility index (Phi) is 5.49. The molecule has 3 aromatic rings. The van der Waals surface area contributed by atoms with Crippen LogP contribution in [0.25, 0.3) is 0 Å². The zero-order valence-electron chi connectivity index (χ0n) is 12.5. The summed E-state index contributed by atoms with van der Waals surface area (Å²) in [6.45, 7) is 0. The van der Waals surface area contributed by atoms with Crippen molar-refractivity contribution in [3.63, 3.8) is 0 Å². The fourth-order valence-corrected chi connectivity index (χ4v) is 2.69. The normalized spacial score (nSPS) is 10.8. The average molecular weight is 308 g/mol. The van der Waals surface area contributed by atoms with Crippen LogP contribution < -0.4 is 0 Å². The molecule has 1 N–H and O–H groups in total. The summed E-state index contributed by atoms with van der Waals surface area (Å²) in [5.41, 5.74) is 1.94. The van der Waals surface area contributed by atoms with Crippen LogP contribution in [-0.4, -0.2) is 5.11 Å². The van der Waals surface area contributed by atoms with Gasteiger partial charge in [-0.25, -0.2) is 0 Å². The molecule has 1 atom stereocenters. The van der Waals surface area contributed by atoms with Crippen molar-refractivity contribution < 1.29 is 5.11 Å². The SMILES string of the molecule is OC(Cc1ccccc1)(c1ccccc1)c1ccccc1.P.